The van der Waals surface area contributed by atoms with Crippen molar-refractivity contribution < 1.29 is 26.3 Å². The van der Waals surface area contributed by atoms with Crippen LogP contribution in [0.5, 0.6) is 0 Å². The quantitative estimate of drug-likeness (QED) is 0.540. The van der Waals surface area contributed by atoms with E-state index in [1.807, 2.05) is 0 Å². The van der Waals surface area contributed by atoms with E-state index in [4.69, 9.17) is 9.47 Å². The summed E-state index contributed by atoms with van der Waals surface area (Å²) in [6.07, 6.45) is 0. The summed E-state index contributed by atoms with van der Waals surface area (Å²) in [5, 5.41) is -1.04. The Balaban J connectivity index is 2.67. The molecule has 14 heavy (non-hydrogen) atoms. The third-order valence-electron chi connectivity index (χ3n) is 1.90. The number of ether oxygens (including phenoxy) is 2. The summed E-state index contributed by atoms with van der Waals surface area (Å²) in [7, 11) is -7.20. The molecule has 80 valence electrons. The van der Waals surface area contributed by atoms with Crippen molar-refractivity contribution in [3.8, 4) is 0 Å². The molecule has 0 radical (unpaired) electrons. The van der Waals surface area contributed by atoms with Crippen molar-refractivity contribution in [1.82, 2.24) is 0 Å². The van der Waals surface area contributed by atoms with Crippen LogP contribution in [0.4, 0.5) is 0 Å². The van der Waals surface area contributed by atoms with Crippen molar-refractivity contribution in [2.75, 3.05) is 24.7 Å². The summed E-state index contributed by atoms with van der Waals surface area (Å²) < 4.78 is 55.1. The highest BCUT2D eigenvalue weighted by molar-refractivity contribution is 8.02. The van der Waals surface area contributed by atoms with Gasteiger partial charge >= 0.3 is 0 Å². The molecule has 0 aromatic carbocycles. The third kappa shape index (κ3) is 1.38. The zero-order valence-electron chi connectivity index (χ0n) is 7.09. The number of rotatable bonds is 0. The molecule has 2 aliphatic rings. The fourth-order valence-electron chi connectivity index (χ4n) is 1.22. The summed E-state index contributed by atoms with van der Waals surface area (Å²) in [4.78, 5) is 0. The molecule has 0 aromatic rings. The lowest BCUT2D eigenvalue weighted by Gasteiger charge is -2.24. The molecule has 0 aromatic heterocycles. The fraction of sp³-hybridized carbons (Fsp3) is 0.667. The van der Waals surface area contributed by atoms with E-state index in [1.54, 1.807) is 0 Å². The normalized spacial score (nSPS) is 28.6. The van der Waals surface area contributed by atoms with Crippen LogP contribution in [-0.4, -0.2) is 41.6 Å². The number of hydrogen-bond acceptors (Lipinski definition) is 6. The largest absolute Gasteiger partial charge is 0.476 e. The lowest BCUT2D eigenvalue weighted by Crippen LogP contribution is -2.33. The van der Waals surface area contributed by atoms with Crippen molar-refractivity contribution in [1.29, 1.82) is 0 Å². The molecule has 0 atom stereocenters. The van der Waals surface area contributed by atoms with Gasteiger partial charge in [0.1, 0.15) is 13.2 Å². The Labute approximate surface area is 81.3 Å². The molecule has 0 saturated heterocycles. The van der Waals surface area contributed by atoms with Crippen molar-refractivity contribution in [3.63, 3.8) is 0 Å². The molecular formula is C6H8O6S2. The zero-order chi connectivity index (χ0) is 10.4. The maximum atomic E-state index is 11.4. The minimum atomic E-state index is -3.60. The van der Waals surface area contributed by atoms with Crippen LogP contribution < -0.4 is 0 Å². The molecule has 2 aliphatic heterocycles. The van der Waals surface area contributed by atoms with E-state index in [1.165, 1.54) is 0 Å². The Hall–Kier alpha value is -0.760. The lowest BCUT2D eigenvalue weighted by molar-refractivity contribution is 0.0891. The van der Waals surface area contributed by atoms with Gasteiger partial charge in [0.25, 0.3) is 10.2 Å². The predicted octanol–water partition coefficient (Wildman–Crippen LogP) is -0.997. The summed E-state index contributed by atoms with van der Waals surface area (Å²) in [5.41, 5.74) is 0. The second kappa shape index (κ2) is 2.86. The van der Waals surface area contributed by atoms with Gasteiger partial charge < -0.3 is 9.47 Å². The first-order valence-corrected chi connectivity index (χ1v) is 7.19. The van der Waals surface area contributed by atoms with E-state index in [-0.39, 0.29) is 13.2 Å². The summed E-state index contributed by atoms with van der Waals surface area (Å²) in [6, 6.07) is 0. The molecule has 0 fully saturated rings. The first-order chi connectivity index (χ1) is 6.43. The molecule has 0 amide bonds. The predicted molar refractivity (Wildman–Crippen MR) is 46.5 cm³/mol. The van der Waals surface area contributed by atoms with Gasteiger partial charge in [-0.3, -0.25) is 0 Å². The Morgan fingerprint density at radius 1 is 0.786 bits per heavy atom. The second-order valence-electron chi connectivity index (χ2n) is 2.91. The molecule has 2 heterocycles. The molecule has 0 aliphatic carbocycles. The number of sulfone groups is 2. The van der Waals surface area contributed by atoms with Gasteiger partial charge in [0, 0.05) is 0 Å². The van der Waals surface area contributed by atoms with Crippen LogP contribution in [0.2, 0.25) is 0 Å². The van der Waals surface area contributed by atoms with Crippen LogP contribution in [0.3, 0.4) is 0 Å². The van der Waals surface area contributed by atoms with Crippen LogP contribution in [0.1, 0.15) is 0 Å². The van der Waals surface area contributed by atoms with E-state index in [2.05, 4.69) is 0 Å². The van der Waals surface area contributed by atoms with E-state index < -0.39 is 41.4 Å². The van der Waals surface area contributed by atoms with E-state index in [0.717, 1.165) is 0 Å². The van der Waals surface area contributed by atoms with Gasteiger partial charge in [0.05, 0.1) is 11.5 Å². The van der Waals surface area contributed by atoms with Gasteiger partial charge in [-0.05, 0) is 0 Å². The molecule has 0 saturated carbocycles. The highest BCUT2D eigenvalue weighted by Crippen LogP contribution is 2.29. The summed E-state index contributed by atoms with van der Waals surface area (Å²) >= 11 is 0. The SMILES string of the molecule is O=S1(=O)CCS(=O)(=O)C2=C1OCCO2. The molecule has 6 nitrogen and oxygen atoms in total. The van der Waals surface area contributed by atoms with Gasteiger partial charge in [0.2, 0.25) is 19.7 Å². The van der Waals surface area contributed by atoms with Gasteiger partial charge in [-0.1, -0.05) is 0 Å². The van der Waals surface area contributed by atoms with Crippen LogP contribution in [0, 0.1) is 0 Å². The standard InChI is InChI=1S/C6H8O6S2/c7-13(8)3-4-14(9,10)6-5(13)11-1-2-12-6/h1-4H2. The summed E-state index contributed by atoms with van der Waals surface area (Å²) in [5.74, 6) is -0.866. The molecule has 8 heteroatoms. The molecule has 2 rings (SSSR count). The Morgan fingerprint density at radius 3 is 1.50 bits per heavy atom. The maximum absolute atomic E-state index is 11.4. The molecule has 0 spiro atoms. The summed E-state index contributed by atoms with van der Waals surface area (Å²) in [6.45, 7) is 0.126. The van der Waals surface area contributed by atoms with E-state index in [9.17, 15) is 16.8 Å². The average Bonchev–Trinajstić information content (AvgIpc) is 2.14. The van der Waals surface area contributed by atoms with Crippen molar-refractivity contribution in [3.05, 3.63) is 10.2 Å². The monoisotopic (exact) mass is 240 g/mol. The van der Waals surface area contributed by atoms with Crippen molar-refractivity contribution in [2.24, 2.45) is 0 Å². The molecule has 0 N–H and O–H groups in total. The lowest BCUT2D eigenvalue weighted by atomic mass is 10.7. The smallest absolute Gasteiger partial charge is 0.267 e. The maximum Gasteiger partial charge on any atom is 0.267 e. The van der Waals surface area contributed by atoms with Crippen molar-refractivity contribution >= 4 is 19.7 Å². The van der Waals surface area contributed by atoms with Crippen LogP contribution in [0.15, 0.2) is 10.2 Å². The fourth-order valence-corrected chi connectivity index (χ4v) is 5.26. The topological polar surface area (TPSA) is 86.7 Å². The zero-order valence-corrected chi connectivity index (χ0v) is 8.73. The van der Waals surface area contributed by atoms with Crippen LogP contribution in [0.25, 0.3) is 0 Å². The molecule has 0 bridgehead atoms. The van der Waals surface area contributed by atoms with Crippen molar-refractivity contribution in [2.45, 2.75) is 0 Å². The minimum absolute atomic E-state index is 0.0631. The second-order valence-corrected chi connectivity index (χ2v) is 6.93. The highest BCUT2D eigenvalue weighted by atomic mass is 32.2. The molecular weight excluding hydrogens is 232 g/mol. The first kappa shape index (κ1) is 9.78. The molecule has 0 unspecified atom stereocenters. The third-order valence-corrected chi connectivity index (χ3v) is 5.51. The highest BCUT2D eigenvalue weighted by Gasteiger charge is 2.41. The number of hydrogen-bond donors (Lipinski definition) is 0. The minimum Gasteiger partial charge on any atom is -0.476 e. The van der Waals surface area contributed by atoms with Gasteiger partial charge in [-0.15, -0.1) is 0 Å². The van der Waals surface area contributed by atoms with Gasteiger partial charge in [-0.25, -0.2) is 16.8 Å². The first-order valence-electron chi connectivity index (χ1n) is 3.89. The van der Waals surface area contributed by atoms with E-state index in [0.29, 0.717) is 0 Å². The van der Waals surface area contributed by atoms with E-state index >= 15 is 0 Å². The van der Waals surface area contributed by atoms with Gasteiger partial charge in [0.15, 0.2) is 0 Å². The Kier molecular flexibility index (Phi) is 2.00. The van der Waals surface area contributed by atoms with Crippen LogP contribution >= 0.6 is 0 Å². The Morgan fingerprint density at radius 2 is 1.14 bits per heavy atom. The average molecular weight is 240 g/mol. The van der Waals surface area contributed by atoms with Crippen LogP contribution in [-0.2, 0) is 29.1 Å². The Bertz CT molecular complexity index is 436. The van der Waals surface area contributed by atoms with Gasteiger partial charge in [-0.2, -0.15) is 0 Å².